The highest BCUT2D eigenvalue weighted by molar-refractivity contribution is 5.87. The molecule has 0 aromatic carbocycles. The highest BCUT2D eigenvalue weighted by Gasteiger charge is 2.07. The van der Waals surface area contributed by atoms with Crippen molar-refractivity contribution >= 4 is 5.97 Å². The van der Waals surface area contributed by atoms with Crippen LogP contribution < -0.4 is 5.73 Å². The van der Waals surface area contributed by atoms with E-state index in [0.717, 1.165) is 5.56 Å². The minimum atomic E-state index is -0.417. The van der Waals surface area contributed by atoms with E-state index in [1.54, 1.807) is 25.4 Å². The van der Waals surface area contributed by atoms with E-state index in [1.807, 2.05) is 0 Å². The summed E-state index contributed by atoms with van der Waals surface area (Å²) in [6, 6.07) is 3.37. The molecule has 5 nitrogen and oxygen atoms in total. The summed E-state index contributed by atoms with van der Waals surface area (Å²) in [4.78, 5) is 15.4. The van der Waals surface area contributed by atoms with Gasteiger partial charge in [0.2, 0.25) is 0 Å². The molecular weight excluding hydrogens is 208 g/mol. The standard InChI is InChI=1S/C11H16N2O3/c1-15-5-2-6-16-11(14)10-4-3-9(7-12)8-13-10/h3-4,8H,2,5-7,12H2,1H3. The summed E-state index contributed by atoms with van der Waals surface area (Å²) < 4.78 is 9.83. The monoisotopic (exact) mass is 224 g/mol. The minimum absolute atomic E-state index is 0.301. The molecule has 2 N–H and O–H groups in total. The second-order valence-electron chi connectivity index (χ2n) is 3.24. The van der Waals surface area contributed by atoms with Gasteiger partial charge in [0, 0.05) is 32.9 Å². The van der Waals surface area contributed by atoms with E-state index in [0.29, 0.717) is 31.9 Å². The number of hydrogen-bond acceptors (Lipinski definition) is 5. The number of methoxy groups -OCH3 is 1. The van der Waals surface area contributed by atoms with Crippen molar-refractivity contribution in [1.29, 1.82) is 0 Å². The molecule has 1 aromatic rings. The molecule has 1 rings (SSSR count). The maximum atomic E-state index is 11.5. The fraction of sp³-hybridized carbons (Fsp3) is 0.455. The molecule has 0 atom stereocenters. The number of esters is 1. The average Bonchev–Trinajstić information content (AvgIpc) is 2.34. The average molecular weight is 224 g/mol. The molecule has 0 saturated heterocycles. The summed E-state index contributed by atoms with van der Waals surface area (Å²) in [5.41, 5.74) is 6.61. The molecule has 1 aromatic heterocycles. The smallest absolute Gasteiger partial charge is 0.356 e. The van der Waals surface area contributed by atoms with Crippen molar-refractivity contribution in [2.75, 3.05) is 20.3 Å². The number of rotatable bonds is 6. The van der Waals surface area contributed by atoms with Crippen molar-refractivity contribution in [2.45, 2.75) is 13.0 Å². The Kier molecular flexibility index (Phi) is 5.45. The van der Waals surface area contributed by atoms with Gasteiger partial charge in [-0.05, 0) is 11.6 Å². The zero-order valence-corrected chi connectivity index (χ0v) is 9.31. The Hall–Kier alpha value is -1.46. The molecule has 0 aliphatic carbocycles. The first-order valence-electron chi connectivity index (χ1n) is 5.09. The molecule has 0 spiro atoms. The highest BCUT2D eigenvalue weighted by atomic mass is 16.5. The molecule has 0 unspecified atom stereocenters. The lowest BCUT2D eigenvalue weighted by Gasteiger charge is -2.04. The van der Waals surface area contributed by atoms with Crippen LogP contribution in [0.15, 0.2) is 18.3 Å². The predicted molar refractivity (Wildman–Crippen MR) is 58.9 cm³/mol. The number of nitrogens with zero attached hydrogens (tertiary/aromatic N) is 1. The van der Waals surface area contributed by atoms with E-state index in [4.69, 9.17) is 15.2 Å². The number of carbonyl (C=O) groups is 1. The molecular formula is C11H16N2O3. The lowest BCUT2D eigenvalue weighted by molar-refractivity contribution is 0.0461. The van der Waals surface area contributed by atoms with Gasteiger partial charge in [-0.1, -0.05) is 6.07 Å². The van der Waals surface area contributed by atoms with Crippen molar-refractivity contribution in [1.82, 2.24) is 4.98 Å². The van der Waals surface area contributed by atoms with E-state index in [-0.39, 0.29) is 0 Å². The van der Waals surface area contributed by atoms with Gasteiger partial charge >= 0.3 is 5.97 Å². The third-order valence-electron chi connectivity index (χ3n) is 2.00. The fourth-order valence-corrected chi connectivity index (χ4v) is 1.11. The summed E-state index contributed by atoms with van der Waals surface area (Å²) in [6.07, 6.45) is 2.26. The summed E-state index contributed by atoms with van der Waals surface area (Å²) >= 11 is 0. The van der Waals surface area contributed by atoms with E-state index >= 15 is 0 Å². The lowest BCUT2D eigenvalue weighted by atomic mass is 10.2. The van der Waals surface area contributed by atoms with Gasteiger partial charge in [-0.25, -0.2) is 9.78 Å². The van der Waals surface area contributed by atoms with Gasteiger partial charge in [-0.2, -0.15) is 0 Å². The summed E-state index contributed by atoms with van der Waals surface area (Å²) in [5.74, 6) is -0.417. The molecule has 5 heteroatoms. The topological polar surface area (TPSA) is 74.4 Å². The first kappa shape index (κ1) is 12.6. The van der Waals surface area contributed by atoms with E-state index in [2.05, 4.69) is 4.98 Å². The van der Waals surface area contributed by atoms with Crippen LogP contribution in [0.5, 0.6) is 0 Å². The van der Waals surface area contributed by atoms with E-state index in [9.17, 15) is 4.79 Å². The van der Waals surface area contributed by atoms with Crippen LogP contribution in [0.4, 0.5) is 0 Å². The second-order valence-corrected chi connectivity index (χ2v) is 3.24. The van der Waals surface area contributed by atoms with Crippen molar-refractivity contribution in [3.05, 3.63) is 29.6 Å². The predicted octanol–water partition coefficient (Wildman–Crippen LogP) is 0.734. The summed E-state index contributed by atoms with van der Waals surface area (Å²) in [6.45, 7) is 1.33. The van der Waals surface area contributed by atoms with Gasteiger partial charge in [-0.3, -0.25) is 0 Å². The largest absolute Gasteiger partial charge is 0.461 e. The molecule has 0 aliphatic heterocycles. The number of hydrogen-bond donors (Lipinski definition) is 1. The van der Waals surface area contributed by atoms with Crippen molar-refractivity contribution in [3.63, 3.8) is 0 Å². The second kappa shape index (κ2) is 6.92. The normalized spacial score (nSPS) is 10.1. The zero-order chi connectivity index (χ0) is 11.8. The SMILES string of the molecule is COCCCOC(=O)c1ccc(CN)cn1. The third kappa shape index (κ3) is 3.96. The first-order valence-corrected chi connectivity index (χ1v) is 5.09. The highest BCUT2D eigenvalue weighted by Crippen LogP contribution is 2.01. The number of nitrogens with two attached hydrogens (primary N) is 1. The van der Waals surface area contributed by atoms with Crippen molar-refractivity contribution < 1.29 is 14.3 Å². The van der Waals surface area contributed by atoms with Crippen LogP contribution in [0, 0.1) is 0 Å². The number of ether oxygens (including phenoxy) is 2. The lowest BCUT2D eigenvalue weighted by Crippen LogP contribution is -2.10. The molecule has 0 bridgehead atoms. The number of carbonyl (C=O) groups excluding carboxylic acids is 1. The molecule has 0 fully saturated rings. The molecule has 0 amide bonds. The Labute approximate surface area is 94.6 Å². The van der Waals surface area contributed by atoms with Gasteiger partial charge in [0.25, 0.3) is 0 Å². The Morgan fingerprint density at radius 2 is 2.25 bits per heavy atom. The van der Waals surface area contributed by atoms with Gasteiger partial charge in [-0.15, -0.1) is 0 Å². The zero-order valence-electron chi connectivity index (χ0n) is 9.31. The van der Waals surface area contributed by atoms with Crippen LogP contribution >= 0.6 is 0 Å². The van der Waals surface area contributed by atoms with Gasteiger partial charge in [0.05, 0.1) is 6.61 Å². The third-order valence-corrected chi connectivity index (χ3v) is 2.00. The maximum Gasteiger partial charge on any atom is 0.356 e. The summed E-state index contributed by atoms with van der Waals surface area (Å²) in [7, 11) is 1.61. The molecule has 0 radical (unpaired) electrons. The molecule has 0 saturated carbocycles. The van der Waals surface area contributed by atoms with Crippen LogP contribution in [0.2, 0.25) is 0 Å². The van der Waals surface area contributed by atoms with E-state index in [1.165, 1.54) is 0 Å². The maximum absolute atomic E-state index is 11.5. The van der Waals surface area contributed by atoms with Crippen LogP contribution in [0.25, 0.3) is 0 Å². The molecule has 16 heavy (non-hydrogen) atoms. The van der Waals surface area contributed by atoms with Gasteiger partial charge in [0.1, 0.15) is 5.69 Å². The van der Waals surface area contributed by atoms with E-state index < -0.39 is 5.97 Å². The Bertz CT molecular complexity index is 325. The number of pyridine rings is 1. The Morgan fingerprint density at radius 1 is 1.44 bits per heavy atom. The molecule has 1 heterocycles. The van der Waals surface area contributed by atoms with Crippen LogP contribution in [0.3, 0.4) is 0 Å². The van der Waals surface area contributed by atoms with Crippen molar-refractivity contribution in [3.8, 4) is 0 Å². The molecule has 0 aliphatic rings. The molecule has 88 valence electrons. The quantitative estimate of drug-likeness (QED) is 0.569. The Balaban J connectivity index is 2.40. The minimum Gasteiger partial charge on any atom is -0.461 e. The first-order chi connectivity index (χ1) is 7.77. The Morgan fingerprint density at radius 3 is 2.81 bits per heavy atom. The van der Waals surface area contributed by atoms with Crippen LogP contribution in [0.1, 0.15) is 22.5 Å². The number of aromatic nitrogens is 1. The van der Waals surface area contributed by atoms with Crippen LogP contribution in [-0.2, 0) is 16.0 Å². The van der Waals surface area contributed by atoms with Crippen molar-refractivity contribution in [2.24, 2.45) is 5.73 Å². The summed E-state index contributed by atoms with van der Waals surface area (Å²) in [5, 5.41) is 0. The fourth-order valence-electron chi connectivity index (χ4n) is 1.11. The van der Waals surface area contributed by atoms with Crippen LogP contribution in [-0.4, -0.2) is 31.3 Å². The van der Waals surface area contributed by atoms with Gasteiger partial charge in [0.15, 0.2) is 0 Å². The van der Waals surface area contributed by atoms with Gasteiger partial charge < -0.3 is 15.2 Å².